The molecule has 2 heteroatoms. The van der Waals surface area contributed by atoms with Gasteiger partial charge in [-0.25, -0.2) is 0 Å². The highest BCUT2D eigenvalue weighted by Gasteiger charge is 2.36. The van der Waals surface area contributed by atoms with Gasteiger partial charge in [0.2, 0.25) is 0 Å². The molecule has 0 spiro atoms. The molecular formula is C62H44N2. The Morgan fingerprint density at radius 1 is 0.328 bits per heavy atom. The average molecular weight is 817 g/mol. The van der Waals surface area contributed by atoms with Crippen molar-refractivity contribution in [3.8, 4) is 22.3 Å². The zero-order valence-electron chi connectivity index (χ0n) is 36.4. The number of rotatable bonds is 4. The van der Waals surface area contributed by atoms with Crippen molar-refractivity contribution >= 4 is 76.2 Å². The van der Waals surface area contributed by atoms with Crippen LogP contribution in [0.15, 0.2) is 170 Å². The Kier molecular flexibility index (Phi) is 6.68. The second kappa shape index (κ2) is 12.2. The highest BCUT2D eigenvalue weighted by Crippen LogP contribution is 2.56. The van der Waals surface area contributed by atoms with Gasteiger partial charge >= 0.3 is 0 Å². The summed E-state index contributed by atoms with van der Waals surface area (Å²) in [7, 11) is 0. The van der Waals surface area contributed by atoms with Gasteiger partial charge in [-0.3, -0.25) is 0 Å². The number of benzene rings is 9. The summed E-state index contributed by atoms with van der Waals surface area (Å²) in [5, 5.41) is 10.9. The molecule has 0 amide bonds. The average Bonchev–Trinajstić information content (AvgIpc) is 4.16. The van der Waals surface area contributed by atoms with Crippen LogP contribution in [0.1, 0.15) is 95.9 Å². The van der Waals surface area contributed by atoms with Crippen LogP contribution in [0.4, 0.5) is 0 Å². The van der Waals surface area contributed by atoms with Crippen LogP contribution in [-0.4, -0.2) is 8.80 Å². The third-order valence-electron chi connectivity index (χ3n) is 15.6. The summed E-state index contributed by atoms with van der Waals surface area (Å²) in [6, 6.07) is 64.9. The lowest BCUT2D eigenvalue weighted by atomic mass is 9.86. The van der Waals surface area contributed by atoms with Gasteiger partial charge in [-0.05, 0) is 103 Å². The summed E-state index contributed by atoms with van der Waals surface area (Å²) in [5.41, 5.74) is 24.8. The normalized spacial score (nSPS) is 15.8. The Morgan fingerprint density at radius 2 is 0.719 bits per heavy atom. The van der Waals surface area contributed by atoms with Crippen molar-refractivity contribution < 1.29 is 0 Å². The zero-order chi connectivity index (χ0) is 42.3. The number of nitrogens with zero attached hydrogens (tertiary/aromatic N) is 2. The van der Waals surface area contributed by atoms with Crippen molar-refractivity contribution in [2.45, 2.75) is 51.4 Å². The molecule has 0 N–H and O–H groups in total. The van der Waals surface area contributed by atoms with Crippen LogP contribution in [0, 0.1) is 0 Å². The van der Waals surface area contributed by atoms with E-state index in [1.807, 2.05) is 0 Å². The molecule has 15 rings (SSSR count). The minimum absolute atomic E-state index is 0.186. The van der Waals surface area contributed by atoms with E-state index < -0.39 is 0 Å². The topological polar surface area (TPSA) is 8.82 Å². The van der Waals surface area contributed by atoms with Gasteiger partial charge in [0.15, 0.2) is 0 Å². The minimum atomic E-state index is 0.186. The number of hydrogen-bond acceptors (Lipinski definition) is 0. The Bertz CT molecular complexity index is 3850. The predicted molar refractivity (Wildman–Crippen MR) is 270 cm³/mol. The second-order valence-electron chi connectivity index (χ2n) is 19.4. The quantitative estimate of drug-likeness (QED) is 0.167. The third-order valence-corrected chi connectivity index (χ3v) is 15.6. The van der Waals surface area contributed by atoms with Gasteiger partial charge in [-0.2, -0.15) is 0 Å². The first-order valence-corrected chi connectivity index (χ1v) is 23.2. The summed E-state index contributed by atoms with van der Waals surface area (Å²) < 4.78 is 5.42. The third kappa shape index (κ3) is 4.14. The monoisotopic (exact) mass is 816 g/mol. The number of hydrogen-bond donors (Lipinski definition) is 0. The van der Waals surface area contributed by atoms with E-state index in [0.717, 1.165) is 0 Å². The van der Waals surface area contributed by atoms with Gasteiger partial charge in [0, 0.05) is 54.9 Å². The fourth-order valence-electron chi connectivity index (χ4n) is 13.3. The Labute approximate surface area is 371 Å². The first-order valence-electron chi connectivity index (χ1n) is 23.2. The smallest absolute Gasteiger partial charge is 0.0620 e. The highest BCUT2D eigenvalue weighted by atomic mass is 14.9. The Hall–Kier alpha value is -7.42. The van der Waals surface area contributed by atoms with E-state index in [0.29, 0.717) is 0 Å². The largest absolute Gasteiger partial charge is 0.308 e. The maximum Gasteiger partial charge on any atom is 0.0620 e. The summed E-state index contributed by atoms with van der Waals surface area (Å²) >= 11 is 0. The molecule has 2 aliphatic carbocycles. The molecule has 64 heavy (non-hydrogen) atoms. The van der Waals surface area contributed by atoms with Gasteiger partial charge in [0.1, 0.15) is 0 Å². The van der Waals surface area contributed by atoms with Crippen LogP contribution < -0.4 is 0 Å². The number of para-hydroxylation sites is 2. The van der Waals surface area contributed by atoms with Crippen molar-refractivity contribution in [3.63, 3.8) is 0 Å². The van der Waals surface area contributed by atoms with Crippen LogP contribution in [-0.2, 0) is 0 Å². The first kappa shape index (κ1) is 35.1. The minimum Gasteiger partial charge on any atom is -0.308 e. The summed E-state index contributed by atoms with van der Waals surface area (Å²) in [6.07, 6.45) is 0. The lowest BCUT2D eigenvalue weighted by Gasteiger charge is -2.19. The van der Waals surface area contributed by atoms with Crippen molar-refractivity contribution in [2.75, 3.05) is 0 Å². The van der Waals surface area contributed by atoms with E-state index >= 15 is 0 Å². The van der Waals surface area contributed by atoms with E-state index in [2.05, 4.69) is 206 Å². The van der Waals surface area contributed by atoms with E-state index in [9.17, 15) is 0 Å². The molecule has 302 valence electrons. The van der Waals surface area contributed by atoms with Crippen molar-refractivity contribution in [1.29, 1.82) is 0 Å². The predicted octanol–water partition coefficient (Wildman–Crippen LogP) is 16.6. The van der Waals surface area contributed by atoms with Crippen LogP contribution in [0.2, 0.25) is 0 Å². The molecule has 0 radical (unpaired) electrons. The molecule has 2 aliphatic rings. The first-order chi connectivity index (χ1) is 31.5. The fourth-order valence-corrected chi connectivity index (χ4v) is 13.3. The maximum absolute atomic E-state index is 2.71. The zero-order valence-corrected chi connectivity index (χ0v) is 36.4. The second-order valence-corrected chi connectivity index (χ2v) is 19.4. The van der Waals surface area contributed by atoms with Gasteiger partial charge in [-0.15, -0.1) is 0 Å². The van der Waals surface area contributed by atoms with Gasteiger partial charge in [0.25, 0.3) is 0 Å². The van der Waals surface area contributed by atoms with Crippen molar-refractivity contribution in [1.82, 2.24) is 8.80 Å². The molecular weight excluding hydrogens is 773 g/mol. The van der Waals surface area contributed by atoms with Gasteiger partial charge in [0.05, 0.1) is 33.1 Å². The molecule has 2 unspecified atom stereocenters. The highest BCUT2D eigenvalue weighted by molar-refractivity contribution is 6.32. The standard InChI is InChI=1S/C62H44N2/c1-33(2)53-57-43-27-15-25-41-48-30-46-38-22-12-14-24-40(38)56(36-19-9-6-10-20-36)50(46)32-52(48)64(59(41)43)62(57)54(34(3)4)58-44-28-16-26-42-47-29-45-37-21-11-13-23-39(37)55(35-17-7-5-8-18-35)49(45)31-51(47)63(60(42)44)61(53)58/h5-34,55-56H,1-4H3. The SMILES string of the molecule is CC(C)c1c2c3cccc4c5cc6c(cc5n(c2c(C(C)C)c2c5cccc7c8cc9c(cc8n(c12)c75)C(c1ccccc1)c1ccccc1-9)c43)C(c1ccccc1)c1ccccc1-6. The van der Waals surface area contributed by atoms with E-state index in [-0.39, 0.29) is 23.7 Å². The summed E-state index contributed by atoms with van der Waals surface area (Å²) in [4.78, 5) is 0. The lowest BCUT2D eigenvalue weighted by Crippen LogP contribution is -2.02. The van der Waals surface area contributed by atoms with Crippen LogP contribution in [0.5, 0.6) is 0 Å². The molecule has 0 aliphatic heterocycles. The maximum atomic E-state index is 2.71. The van der Waals surface area contributed by atoms with Gasteiger partial charge < -0.3 is 8.80 Å². The Balaban J connectivity index is 1.12. The number of aromatic nitrogens is 2. The molecule has 0 saturated carbocycles. The molecule has 4 aromatic heterocycles. The van der Waals surface area contributed by atoms with Crippen molar-refractivity contribution in [3.05, 3.63) is 214 Å². The van der Waals surface area contributed by atoms with Gasteiger partial charge in [-0.1, -0.05) is 173 Å². The van der Waals surface area contributed by atoms with Crippen LogP contribution in [0.3, 0.4) is 0 Å². The van der Waals surface area contributed by atoms with E-state index in [4.69, 9.17) is 0 Å². The molecule has 2 atom stereocenters. The molecule has 13 aromatic rings. The lowest BCUT2D eigenvalue weighted by molar-refractivity contribution is 0.869. The van der Waals surface area contributed by atoms with Crippen LogP contribution >= 0.6 is 0 Å². The van der Waals surface area contributed by atoms with Crippen LogP contribution in [0.25, 0.3) is 98.4 Å². The van der Waals surface area contributed by atoms with E-state index in [1.54, 1.807) is 0 Å². The molecule has 9 aromatic carbocycles. The summed E-state index contributed by atoms with van der Waals surface area (Å²) in [6.45, 7) is 9.71. The Morgan fingerprint density at radius 3 is 1.14 bits per heavy atom. The molecule has 0 fully saturated rings. The molecule has 0 bridgehead atoms. The molecule has 2 nitrogen and oxygen atoms in total. The number of fused-ring (bicyclic) bond motifs is 18. The molecule has 4 heterocycles. The summed E-state index contributed by atoms with van der Waals surface area (Å²) in [5.74, 6) is 0.916. The van der Waals surface area contributed by atoms with E-state index in [1.165, 1.54) is 143 Å². The fraction of sp³-hybridized carbons (Fsp3) is 0.129. The van der Waals surface area contributed by atoms with Crippen molar-refractivity contribution in [2.24, 2.45) is 0 Å². The molecule has 0 saturated heterocycles.